The fourth-order valence-corrected chi connectivity index (χ4v) is 2.08. The number of benzene rings is 1. The van der Waals surface area contributed by atoms with Crippen molar-refractivity contribution in [3.8, 4) is 0 Å². The van der Waals surface area contributed by atoms with Crippen LogP contribution in [0.5, 0.6) is 0 Å². The molecule has 19 heavy (non-hydrogen) atoms. The van der Waals surface area contributed by atoms with Gasteiger partial charge in [-0.2, -0.15) is 0 Å². The topological polar surface area (TPSA) is 57.6 Å². The molecule has 1 unspecified atom stereocenters. The molecule has 0 aromatic heterocycles. The summed E-state index contributed by atoms with van der Waals surface area (Å²) in [6.07, 6.45) is 0.321. The van der Waals surface area contributed by atoms with Gasteiger partial charge in [0.2, 0.25) is 0 Å². The van der Waals surface area contributed by atoms with Gasteiger partial charge >= 0.3 is 5.97 Å². The van der Waals surface area contributed by atoms with Crippen molar-refractivity contribution < 1.29 is 14.7 Å². The van der Waals surface area contributed by atoms with Gasteiger partial charge in [-0.25, -0.2) is 0 Å². The number of para-hydroxylation sites is 1. The van der Waals surface area contributed by atoms with E-state index < -0.39 is 5.97 Å². The Bertz CT molecular complexity index is 473. The smallest absolute Gasteiger partial charge is 0.323 e. The van der Waals surface area contributed by atoms with Crippen LogP contribution < -0.4 is 4.90 Å². The van der Waals surface area contributed by atoms with Gasteiger partial charge in [0.15, 0.2) is 0 Å². The van der Waals surface area contributed by atoms with E-state index in [1.54, 1.807) is 17.0 Å². The number of carboxylic acid groups (broad SMARTS) is 1. The quantitative estimate of drug-likeness (QED) is 0.811. The molecule has 5 heteroatoms. The van der Waals surface area contributed by atoms with Gasteiger partial charge in [0.05, 0.1) is 4.99 Å². The van der Waals surface area contributed by atoms with Crippen molar-refractivity contribution >= 4 is 34.6 Å². The molecule has 0 aliphatic heterocycles. The van der Waals surface area contributed by atoms with E-state index in [4.69, 9.17) is 17.3 Å². The number of Topliss-reactive ketones (excluding diaryl/α,β-unsaturated/α-hetero) is 1. The van der Waals surface area contributed by atoms with Gasteiger partial charge < -0.3 is 14.8 Å². The highest BCUT2D eigenvalue weighted by molar-refractivity contribution is 7.80. The van der Waals surface area contributed by atoms with Crippen molar-refractivity contribution in [1.29, 1.82) is 0 Å². The molecule has 0 amide bonds. The first-order valence-corrected chi connectivity index (χ1v) is 6.40. The number of carboxylic acids is 1. The molecule has 0 saturated heterocycles. The lowest BCUT2D eigenvalue weighted by Crippen LogP contribution is -2.38. The third-order valence-electron chi connectivity index (χ3n) is 2.64. The number of carbonyl (C=O) groups excluding carboxylic acids is 1. The van der Waals surface area contributed by atoms with Crippen LogP contribution in [0.3, 0.4) is 0 Å². The minimum Gasteiger partial charge on any atom is -0.480 e. The molecule has 102 valence electrons. The number of anilines is 1. The highest BCUT2D eigenvalue weighted by atomic mass is 32.1. The maximum atomic E-state index is 11.1. The van der Waals surface area contributed by atoms with Crippen LogP contribution in [0.1, 0.15) is 20.3 Å². The fourth-order valence-electron chi connectivity index (χ4n) is 1.82. The van der Waals surface area contributed by atoms with Crippen molar-refractivity contribution in [1.82, 2.24) is 0 Å². The Morgan fingerprint density at radius 2 is 1.89 bits per heavy atom. The number of carbonyl (C=O) groups is 2. The van der Waals surface area contributed by atoms with Gasteiger partial charge in [-0.15, -0.1) is 0 Å². The minimum absolute atomic E-state index is 0.0400. The summed E-state index contributed by atoms with van der Waals surface area (Å²) in [5, 5.41) is 8.99. The summed E-state index contributed by atoms with van der Waals surface area (Å²) >= 11 is 5.33. The molecule has 4 nitrogen and oxygen atoms in total. The van der Waals surface area contributed by atoms with E-state index in [9.17, 15) is 9.59 Å². The van der Waals surface area contributed by atoms with E-state index in [1.807, 2.05) is 25.1 Å². The molecule has 0 aliphatic rings. The second-order valence-electron chi connectivity index (χ2n) is 4.46. The highest BCUT2D eigenvalue weighted by Crippen LogP contribution is 2.19. The molecular weight excluding hydrogens is 262 g/mol. The van der Waals surface area contributed by atoms with E-state index in [0.29, 0.717) is 11.4 Å². The summed E-state index contributed by atoms with van der Waals surface area (Å²) in [5.74, 6) is -1.08. The summed E-state index contributed by atoms with van der Waals surface area (Å²) in [4.78, 5) is 24.1. The third-order valence-corrected chi connectivity index (χ3v) is 3.27. The van der Waals surface area contributed by atoms with Gasteiger partial charge in [-0.1, -0.05) is 37.3 Å². The van der Waals surface area contributed by atoms with Crippen molar-refractivity contribution in [3.63, 3.8) is 0 Å². The summed E-state index contributed by atoms with van der Waals surface area (Å²) in [6, 6.07) is 9.10. The van der Waals surface area contributed by atoms with Gasteiger partial charge in [-0.05, 0) is 19.1 Å². The fraction of sp³-hybridized carbons (Fsp3) is 0.357. The van der Waals surface area contributed by atoms with Crippen LogP contribution in [-0.4, -0.2) is 28.4 Å². The molecule has 0 heterocycles. The van der Waals surface area contributed by atoms with E-state index in [1.165, 1.54) is 6.92 Å². The molecule has 1 N–H and O–H groups in total. The number of ketones is 1. The molecule has 0 fully saturated rings. The molecule has 0 bridgehead atoms. The number of aliphatic carboxylic acids is 1. The summed E-state index contributed by atoms with van der Waals surface area (Å²) < 4.78 is 0. The predicted molar refractivity (Wildman–Crippen MR) is 78.5 cm³/mol. The van der Waals surface area contributed by atoms with Gasteiger partial charge in [-0.3, -0.25) is 4.79 Å². The molecule has 1 rings (SSSR count). The van der Waals surface area contributed by atoms with Crippen LogP contribution in [0, 0.1) is 5.92 Å². The lowest BCUT2D eigenvalue weighted by molar-refractivity contribution is -0.135. The minimum atomic E-state index is -0.957. The predicted octanol–water partition coefficient (Wildman–Crippen LogP) is 2.52. The van der Waals surface area contributed by atoms with E-state index >= 15 is 0 Å². The molecule has 0 saturated carbocycles. The molecular formula is C14H17NO3S. The zero-order valence-corrected chi connectivity index (χ0v) is 11.8. The van der Waals surface area contributed by atoms with E-state index in [2.05, 4.69) is 0 Å². The Hall–Kier alpha value is -1.75. The average molecular weight is 279 g/mol. The summed E-state index contributed by atoms with van der Waals surface area (Å²) in [5.41, 5.74) is 0.727. The van der Waals surface area contributed by atoms with Crippen molar-refractivity contribution in [2.24, 2.45) is 5.92 Å². The molecule has 1 atom stereocenters. The zero-order valence-electron chi connectivity index (χ0n) is 11.0. The van der Waals surface area contributed by atoms with Crippen molar-refractivity contribution in [2.75, 3.05) is 11.4 Å². The van der Waals surface area contributed by atoms with Gasteiger partial charge in [0.25, 0.3) is 0 Å². The zero-order chi connectivity index (χ0) is 14.4. The van der Waals surface area contributed by atoms with Crippen LogP contribution in [0.25, 0.3) is 0 Å². The lowest BCUT2D eigenvalue weighted by atomic mass is 10.0. The second kappa shape index (κ2) is 6.99. The molecule has 0 aliphatic carbocycles. The number of hydrogen-bond acceptors (Lipinski definition) is 3. The third kappa shape index (κ3) is 4.79. The monoisotopic (exact) mass is 279 g/mol. The van der Waals surface area contributed by atoms with Gasteiger partial charge in [0, 0.05) is 18.0 Å². The van der Waals surface area contributed by atoms with E-state index in [0.717, 1.165) is 5.69 Å². The van der Waals surface area contributed by atoms with Crippen LogP contribution in [0.2, 0.25) is 0 Å². The summed E-state index contributed by atoms with van der Waals surface area (Å²) in [6.45, 7) is 3.13. The largest absolute Gasteiger partial charge is 0.480 e. The number of nitrogens with zero attached hydrogens (tertiary/aromatic N) is 1. The highest BCUT2D eigenvalue weighted by Gasteiger charge is 2.21. The number of hydrogen-bond donors (Lipinski definition) is 1. The maximum Gasteiger partial charge on any atom is 0.323 e. The molecule has 1 aromatic carbocycles. The summed E-state index contributed by atoms with van der Waals surface area (Å²) in [7, 11) is 0. The second-order valence-corrected chi connectivity index (χ2v) is 4.88. The molecule has 0 spiro atoms. The van der Waals surface area contributed by atoms with Crippen molar-refractivity contribution in [2.45, 2.75) is 20.3 Å². The Labute approximate surface area is 118 Å². The van der Waals surface area contributed by atoms with Gasteiger partial charge in [0.1, 0.15) is 12.3 Å². The SMILES string of the molecule is CC(=O)CC(C)C(=S)N(CC(=O)O)c1ccccc1. The first kappa shape index (κ1) is 15.3. The standard InChI is InChI=1S/C14H17NO3S/c1-10(8-11(2)16)14(19)15(9-13(17)18)12-6-4-3-5-7-12/h3-7,10H,8-9H2,1-2H3,(H,17,18). The first-order chi connectivity index (χ1) is 8.91. The maximum absolute atomic E-state index is 11.1. The van der Waals surface area contributed by atoms with E-state index in [-0.39, 0.29) is 18.2 Å². The molecule has 1 aromatic rings. The Balaban J connectivity index is 2.94. The van der Waals surface area contributed by atoms with Crippen LogP contribution in [0.4, 0.5) is 5.69 Å². The van der Waals surface area contributed by atoms with Crippen LogP contribution in [-0.2, 0) is 9.59 Å². The number of thiocarbonyl (C=S) groups is 1. The first-order valence-electron chi connectivity index (χ1n) is 5.99. The van der Waals surface area contributed by atoms with Crippen LogP contribution in [0.15, 0.2) is 30.3 Å². The van der Waals surface area contributed by atoms with Crippen LogP contribution >= 0.6 is 12.2 Å². The Morgan fingerprint density at radius 1 is 1.32 bits per heavy atom. The normalized spacial score (nSPS) is 11.7. The molecule has 0 radical (unpaired) electrons. The lowest BCUT2D eigenvalue weighted by Gasteiger charge is -2.27. The Morgan fingerprint density at radius 3 is 2.37 bits per heavy atom. The van der Waals surface area contributed by atoms with Crippen molar-refractivity contribution in [3.05, 3.63) is 30.3 Å². The average Bonchev–Trinajstić information content (AvgIpc) is 2.35. The number of rotatable bonds is 6. The Kier molecular flexibility index (Phi) is 5.63.